The lowest BCUT2D eigenvalue weighted by Gasteiger charge is -2.06. The molecule has 0 radical (unpaired) electrons. The summed E-state index contributed by atoms with van der Waals surface area (Å²) < 4.78 is 2.09. The number of carbonyl (C=O) groups excluding carboxylic acids is 1. The fourth-order valence-corrected chi connectivity index (χ4v) is 3.67. The number of nitrogen functional groups attached to an aromatic ring is 1. The summed E-state index contributed by atoms with van der Waals surface area (Å²) in [6, 6.07) is 13.1. The molecule has 3 heterocycles. The van der Waals surface area contributed by atoms with Crippen LogP contribution in [0.1, 0.15) is 42.9 Å². The first-order chi connectivity index (χ1) is 16.5. The van der Waals surface area contributed by atoms with Gasteiger partial charge >= 0.3 is 0 Å². The third kappa shape index (κ3) is 5.82. The molecule has 0 spiro atoms. The zero-order valence-electron chi connectivity index (χ0n) is 18.6. The molecule has 0 unspecified atom stereocenters. The Labute approximate surface area is 202 Å². The molecule has 2 aliphatic carbocycles. The van der Waals surface area contributed by atoms with E-state index < -0.39 is 0 Å². The minimum absolute atomic E-state index is 0.0430. The number of halogens is 1. The van der Waals surface area contributed by atoms with Crippen LogP contribution in [0.15, 0.2) is 61.2 Å². The van der Waals surface area contributed by atoms with Crippen LogP contribution >= 0.6 is 11.6 Å². The second-order valence-electron chi connectivity index (χ2n) is 8.69. The van der Waals surface area contributed by atoms with E-state index in [-0.39, 0.29) is 11.8 Å². The summed E-state index contributed by atoms with van der Waals surface area (Å²) in [5, 5.41) is 6.81. The summed E-state index contributed by atoms with van der Waals surface area (Å²) in [6.45, 7) is 0.563. The van der Waals surface area contributed by atoms with E-state index in [1.54, 1.807) is 30.3 Å². The number of fused-ring (bicyclic) bond motifs is 1. The maximum atomic E-state index is 11.8. The first-order valence-electron chi connectivity index (χ1n) is 11.4. The van der Waals surface area contributed by atoms with Crippen molar-refractivity contribution in [1.82, 2.24) is 19.4 Å². The smallest absolute Gasteiger partial charge is 0.228 e. The lowest BCUT2D eigenvalue weighted by Crippen LogP contribution is -2.14. The van der Waals surface area contributed by atoms with Gasteiger partial charge in [-0.25, -0.2) is 15.0 Å². The van der Waals surface area contributed by atoms with Crippen LogP contribution in [-0.2, 0) is 11.3 Å². The van der Waals surface area contributed by atoms with E-state index in [4.69, 9.17) is 17.3 Å². The van der Waals surface area contributed by atoms with Crippen LogP contribution in [0.3, 0.4) is 0 Å². The Morgan fingerprint density at radius 3 is 2.50 bits per heavy atom. The number of hydrogen-bond donors (Lipinski definition) is 3. The predicted octanol–water partition coefficient (Wildman–Crippen LogP) is 4.88. The highest BCUT2D eigenvalue weighted by molar-refractivity contribution is 6.30. The number of nitrogens with zero attached hydrogens (tertiary/aromatic N) is 4. The molecule has 0 bridgehead atoms. The van der Waals surface area contributed by atoms with Crippen LogP contribution in [0.25, 0.3) is 5.65 Å². The summed E-state index contributed by atoms with van der Waals surface area (Å²) in [5.74, 6) is 2.13. The van der Waals surface area contributed by atoms with Gasteiger partial charge in [-0.2, -0.15) is 0 Å². The molecule has 8 nitrogen and oxygen atoms in total. The first-order valence-corrected chi connectivity index (χ1v) is 11.8. The van der Waals surface area contributed by atoms with Gasteiger partial charge in [0, 0.05) is 35.1 Å². The van der Waals surface area contributed by atoms with Crippen LogP contribution in [0.2, 0.25) is 5.02 Å². The maximum absolute atomic E-state index is 11.8. The SMILES string of the molecule is Nc1ccc(Cl)cc1.O=C(Nc1cc(NCc2cn3cc(C4CC4)ccc3n2)ncn1)C1CC1. The number of pyridine rings is 1. The van der Waals surface area contributed by atoms with Gasteiger partial charge in [-0.05, 0) is 67.5 Å². The zero-order chi connectivity index (χ0) is 23.5. The highest BCUT2D eigenvalue weighted by Crippen LogP contribution is 2.39. The van der Waals surface area contributed by atoms with Crippen molar-refractivity contribution in [1.29, 1.82) is 0 Å². The van der Waals surface area contributed by atoms with Gasteiger partial charge in [-0.15, -0.1) is 0 Å². The van der Waals surface area contributed by atoms with E-state index in [1.165, 1.54) is 24.7 Å². The minimum atomic E-state index is 0.0430. The largest absolute Gasteiger partial charge is 0.399 e. The fraction of sp³-hybridized carbons (Fsp3) is 0.280. The Morgan fingerprint density at radius 1 is 1.03 bits per heavy atom. The quantitative estimate of drug-likeness (QED) is 0.342. The number of hydrogen-bond acceptors (Lipinski definition) is 6. The van der Waals surface area contributed by atoms with Crippen LogP contribution in [0.4, 0.5) is 17.3 Å². The molecule has 0 saturated heterocycles. The van der Waals surface area contributed by atoms with Crippen LogP contribution < -0.4 is 16.4 Å². The van der Waals surface area contributed by atoms with Gasteiger partial charge < -0.3 is 20.8 Å². The van der Waals surface area contributed by atoms with Crippen LogP contribution in [-0.4, -0.2) is 25.3 Å². The summed E-state index contributed by atoms with van der Waals surface area (Å²) >= 11 is 5.56. The molecule has 174 valence electrons. The normalized spacial score (nSPS) is 14.9. The molecular formula is C25H26ClN7O. The van der Waals surface area contributed by atoms with Gasteiger partial charge in [-0.3, -0.25) is 4.79 Å². The van der Waals surface area contributed by atoms with Crippen molar-refractivity contribution in [2.45, 2.75) is 38.1 Å². The van der Waals surface area contributed by atoms with Crippen LogP contribution in [0, 0.1) is 5.92 Å². The molecule has 2 saturated carbocycles. The van der Waals surface area contributed by atoms with Crippen molar-refractivity contribution in [2.75, 3.05) is 16.4 Å². The number of aromatic nitrogens is 4. The van der Waals surface area contributed by atoms with Gasteiger partial charge in [0.05, 0.1) is 12.2 Å². The zero-order valence-corrected chi connectivity index (χ0v) is 19.4. The van der Waals surface area contributed by atoms with E-state index in [0.717, 1.165) is 40.8 Å². The Hall–Kier alpha value is -3.65. The molecule has 1 aromatic carbocycles. The Kier molecular flexibility index (Phi) is 6.31. The van der Waals surface area contributed by atoms with E-state index in [2.05, 4.69) is 48.3 Å². The lowest BCUT2D eigenvalue weighted by molar-refractivity contribution is -0.117. The van der Waals surface area contributed by atoms with Crippen molar-refractivity contribution < 1.29 is 4.79 Å². The molecule has 0 atom stereocenters. The summed E-state index contributed by atoms with van der Waals surface area (Å²) in [5.41, 5.74) is 9.40. The number of carbonyl (C=O) groups is 1. The van der Waals surface area contributed by atoms with E-state index >= 15 is 0 Å². The summed E-state index contributed by atoms with van der Waals surface area (Å²) in [4.78, 5) is 24.8. The summed E-state index contributed by atoms with van der Waals surface area (Å²) in [6.07, 6.45) is 10.2. The molecule has 9 heteroatoms. The molecule has 34 heavy (non-hydrogen) atoms. The Bertz CT molecular complexity index is 1280. The van der Waals surface area contributed by atoms with Gasteiger partial charge in [0.2, 0.25) is 5.91 Å². The molecule has 6 rings (SSSR count). The fourth-order valence-electron chi connectivity index (χ4n) is 3.54. The number of amides is 1. The first kappa shape index (κ1) is 22.2. The Balaban J connectivity index is 0.000000257. The molecular weight excluding hydrogens is 450 g/mol. The number of rotatable bonds is 6. The standard InChI is InChI=1S/C19H20N6O.C6H6ClN/c26-19(13-3-4-13)24-17-7-16(21-11-22-17)20-8-15-10-25-9-14(12-1-2-12)5-6-18(25)23-15;7-5-1-3-6(8)4-2-5/h5-7,9-13H,1-4,8H2,(H2,20,21,22,24,26);1-4H,8H2. The molecule has 4 aromatic rings. The average Bonchev–Trinajstić information content (AvgIpc) is 3.76. The minimum Gasteiger partial charge on any atom is -0.399 e. The van der Waals surface area contributed by atoms with Crippen LogP contribution in [0.5, 0.6) is 0 Å². The number of nitrogens with two attached hydrogens (primary N) is 1. The second-order valence-corrected chi connectivity index (χ2v) is 9.13. The van der Waals surface area contributed by atoms with Crippen molar-refractivity contribution in [3.8, 4) is 0 Å². The Morgan fingerprint density at radius 2 is 1.79 bits per heavy atom. The molecule has 1 amide bonds. The van der Waals surface area contributed by atoms with Crippen molar-refractivity contribution in [2.24, 2.45) is 5.92 Å². The topological polar surface area (TPSA) is 110 Å². The number of anilines is 3. The predicted molar refractivity (Wildman–Crippen MR) is 134 cm³/mol. The van der Waals surface area contributed by atoms with Gasteiger partial charge in [0.1, 0.15) is 23.6 Å². The van der Waals surface area contributed by atoms with E-state index in [9.17, 15) is 4.79 Å². The highest BCUT2D eigenvalue weighted by Gasteiger charge is 2.29. The third-order valence-corrected chi connectivity index (χ3v) is 6.01. The molecule has 3 aromatic heterocycles. The average molecular weight is 476 g/mol. The van der Waals surface area contributed by atoms with Crippen molar-refractivity contribution in [3.63, 3.8) is 0 Å². The number of nitrogens with one attached hydrogen (secondary N) is 2. The van der Waals surface area contributed by atoms with Gasteiger partial charge in [0.25, 0.3) is 0 Å². The number of benzene rings is 1. The molecule has 2 fully saturated rings. The van der Waals surface area contributed by atoms with Crippen molar-refractivity contribution in [3.05, 3.63) is 77.5 Å². The highest BCUT2D eigenvalue weighted by atomic mass is 35.5. The van der Waals surface area contributed by atoms with Crippen molar-refractivity contribution >= 4 is 40.5 Å². The second kappa shape index (κ2) is 9.69. The third-order valence-electron chi connectivity index (χ3n) is 5.76. The molecule has 0 aliphatic heterocycles. The maximum Gasteiger partial charge on any atom is 0.228 e. The number of imidazole rings is 1. The van der Waals surface area contributed by atoms with E-state index in [1.807, 2.05) is 6.20 Å². The molecule has 4 N–H and O–H groups in total. The van der Waals surface area contributed by atoms with Gasteiger partial charge in [-0.1, -0.05) is 17.7 Å². The summed E-state index contributed by atoms with van der Waals surface area (Å²) in [7, 11) is 0. The lowest BCUT2D eigenvalue weighted by atomic mass is 10.2. The van der Waals surface area contributed by atoms with Gasteiger partial charge in [0.15, 0.2) is 0 Å². The monoisotopic (exact) mass is 475 g/mol. The van der Waals surface area contributed by atoms with E-state index in [0.29, 0.717) is 18.2 Å². The molecule has 2 aliphatic rings.